The number of nitrogens with one attached hydrogen (secondary N) is 2. The van der Waals surface area contributed by atoms with Crippen molar-refractivity contribution in [2.24, 2.45) is 0 Å². The Bertz CT molecular complexity index is 289. The van der Waals surface area contributed by atoms with Crippen LogP contribution in [0.5, 0.6) is 0 Å². The van der Waals surface area contributed by atoms with E-state index in [4.69, 9.17) is 0 Å². The summed E-state index contributed by atoms with van der Waals surface area (Å²) >= 11 is 0. The second-order valence-electron chi connectivity index (χ2n) is 2.30. The van der Waals surface area contributed by atoms with Crippen molar-refractivity contribution >= 4 is 11.7 Å². The summed E-state index contributed by atoms with van der Waals surface area (Å²) in [6, 6.07) is 0. The first kappa shape index (κ1) is 8.38. The zero-order chi connectivity index (χ0) is 8.97. The average Bonchev–Trinajstić information content (AvgIpc) is 2.37. The van der Waals surface area contributed by atoms with Crippen LogP contribution in [0.2, 0.25) is 0 Å². The van der Waals surface area contributed by atoms with Gasteiger partial charge in [-0.25, -0.2) is 0 Å². The van der Waals surface area contributed by atoms with Crippen LogP contribution in [-0.4, -0.2) is 26.4 Å². The molecule has 1 rings (SSSR count). The minimum absolute atomic E-state index is 0.0245. The molecule has 1 aromatic heterocycles. The molecule has 12 heavy (non-hydrogen) atoms. The van der Waals surface area contributed by atoms with Crippen LogP contribution < -0.4 is 5.32 Å². The summed E-state index contributed by atoms with van der Waals surface area (Å²) in [6.07, 6.45) is 1.45. The number of rotatable bonds is 3. The van der Waals surface area contributed by atoms with Crippen LogP contribution in [0.3, 0.4) is 0 Å². The summed E-state index contributed by atoms with van der Waals surface area (Å²) in [7, 11) is 0. The van der Waals surface area contributed by atoms with E-state index in [0.29, 0.717) is 11.6 Å². The SMILES string of the molecule is CC(=O)/C=C(\C)Nc1nn[nH]n1. The molecule has 64 valence electrons. The average molecular weight is 167 g/mol. The number of hydrogen-bond acceptors (Lipinski definition) is 5. The first-order chi connectivity index (χ1) is 5.68. The van der Waals surface area contributed by atoms with Gasteiger partial charge in [-0.1, -0.05) is 5.10 Å². The highest BCUT2D eigenvalue weighted by Crippen LogP contribution is 1.98. The number of aromatic nitrogens is 4. The van der Waals surface area contributed by atoms with Gasteiger partial charge in [0.05, 0.1) is 0 Å². The number of allylic oxidation sites excluding steroid dienone is 2. The standard InChI is InChI=1S/C6H9N5O/c1-4(3-5(2)12)7-6-8-10-11-9-6/h3H,1-2H3,(H2,7,8,9,10,11)/b4-3+. The quantitative estimate of drug-likeness (QED) is 0.624. The van der Waals surface area contributed by atoms with Gasteiger partial charge in [0.15, 0.2) is 5.78 Å². The van der Waals surface area contributed by atoms with E-state index >= 15 is 0 Å². The first-order valence-corrected chi connectivity index (χ1v) is 3.38. The second-order valence-corrected chi connectivity index (χ2v) is 2.30. The van der Waals surface area contributed by atoms with Crippen LogP contribution in [0.4, 0.5) is 5.95 Å². The van der Waals surface area contributed by atoms with E-state index < -0.39 is 0 Å². The minimum atomic E-state index is -0.0245. The zero-order valence-corrected chi connectivity index (χ0v) is 6.83. The Balaban J connectivity index is 2.58. The third-order valence-corrected chi connectivity index (χ3v) is 1.07. The Kier molecular flexibility index (Phi) is 2.52. The number of H-pyrrole nitrogens is 1. The van der Waals surface area contributed by atoms with E-state index in [-0.39, 0.29) is 5.78 Å². The predicted molar refractivity (Wildman–Crippen MR) is 42.2 cm³/mol. The van der Waals surface area contributed by atoms with Crippen molar-refractivity contribution in [1.29, 1.82) is 0 Å². The second kappa shape index (κ2) is 3.61. The fourth-order valence-corrected chi connectivity index (χ4v) is 0.732. The molecule has 2 N–H and O–H groups in total. The van der Waals surface area contributed by atoms with Crippen molar-refractivity contribution in [3.8, 4) is 0 Å². The van der Waals surface area contributed by atoms with E-state index in [1.165, 1.54) is 13.0 Å². The fraction of sp³-hybridized carbons (Fsp3) is 0.333. The molecule has 0 saturated heterocycles. The molecule has 0 radical (unpaired) electrons. The third kappa shape index (κ3) is 2.49. The molecule has 0 atom stereocenters. The molecule has 0 aliphatic rings. The number of carbonyl (C=O) groups is 1. The van der Waals surface area contributed by atoms with Crippen LogP contribution in [0.25, 0.3) is 0 Å². The lowest BCUT2D eigenvalue weighted by Gasteiger charge is -1.97. The molecule has 0 saturated carbocycles. The van der Waals surface area contributed by atoms with E-state index in [2.05, 4.69) is 25.9 Å². The van der Waals surface area contributed by atoms with Gasteiger partial charge >= 0.3 is 0 Å². The summed E-state index contributed by atoms with van der Waals surface area (Å²) in [5.74, 6) is 0.327. The Morgan fingerprint density at radius 1 is 1.58 bits per heavy atom. The van der Waals surface area contributed by atoms with Gasteiger partial charge in [-0.05, 0) is 25.1 Å². The van der Waals surface area contributed by atoms with Gasteiger partial charge in [0.1, 0.15) is 0 Å². The zero-order valence-electron chi connectivity index (χ0n) is 6.83. The predicted octanol–water partition coefficient (Wildman–Crippen LogP) is 0.104. The molecule has 1 aromatic rings. The monoisotopic (exact) mass is 167 g/mol. The van der Waals surface area contributed by atoms with Gasteiger partial charge < -0.3 is 5.32 Å². The van der Waals surface area contributed by atoms with Crippen LogP contribution in [0.1, 0.15) is 13.8 Å². The molecular formula is C6H9N5O. The Labute approximate surface area is 69.1 Å². The highest BCUT2D eigenvalue weighted by Gasteiger charge is 1.96. The molecule has 0 aliphatic heterocycles. The molecule has 0 bridgehead atoms. The molecule has 0 aliphatic carbocycles. The van der Waals surface area contributed by atoms with E-state index in [1.807, 2.05) is 0 Å². The molecule has 0 fully saturated rings. The minimum Gasteiger partial charge on any atom is -0.325 e. The molecule has 0 unspecified atom stereocenters. The van der Waals surface area contributed by atoms with Gasteiger partial charge in [-0.2, -0.15) is 5.21 Å². The number of carbonyl (C=O) groups excluding carboxylic acids is 1. The number of ketones is 1. The number of nitrogens with zero attached hydrogens (tertiary/aromatic N) is 3. The fourth-order valence-electron chi connectivity index (χ4n) is 0.732. The van der Waals surface area contributed by atoms with Crippen LogP contribution in [-0.2, 0) is 4.79 Å². The van der Waals surface area contributed by atoms with Crippen LogP contribution in [0.15, 0.2) is 11.8 Å². The summed E-state index contributed by atoms with van der Waals surface area (Å²) in [5, 5.41) is 15.7. The first-order valence-electron chi connectivity index (χ1n) is 3.38. The number of tetrazole rings is 1. The van der Waals surface area contributed by atoms with E-state index in [9.17, 15) is 4.79 Å². The van der Waals surface area contributed by atoms with Gasteiger partial charge in [-0.3, -0.25) is 4.79 Å². The maximum absolute atomic E-state index is 10.6. The van der Waals surface area contributed by atoms with Gasteiger partial charge in [0.25, 0.3) is 5.95 Å². The molecule has 0 amide bonds. The lowest BCUT2D eigenvalue weighted by Crippen LogP contribution is -1.99. The Morgan fingerprint density at radius 2 is 2.33 bits per heavy atom. The summed E-state index contributed by atoms with van der Waals surface area (Å²) in [5.41, 5.74) is 0.684. The smallest absolute Gasteiger partial charge is 0.267 e. The van der Waals surface area contributed by atoms with Crippen molar-refractivity contribution in [3.05, 3.63) is 11.8 Å². The molecule has 6 nitrogen and oxygen atoms in total. The van der Waals surface area contributed by atoms with Crippen molar-refractivity contribution in [2.75, 3.05) is 5.32 Å². The lowest BCUT2D eigenvalue weighted by molar-refractivity contribution is -0.112. The van der Waals surface area contributed by atoms with Gasteiger partial charge in [-0.15, -0.1) is 5.10 Å². The van der Waals surface area contributed by atoms with Gasteiger partial charge in [0, 0.05) is 5.70 Å². The van der Waals surface area contributed by atoms with Crippen molar-refractivity contribution in [2.45, 2.75) is 13.8 Å². The van der Waals surface area contributed by atoms with Crippen LogP contribution >= 0.6 is 0 Å². The maximum Gasteiger partial charge on any atom is 0.267 e. The molecule has 0 aromatic carbocycles. The largest absolute Gasteiger partial charge is 0.325 e. The maximum atomic E-state index is 10.6. The molecule has 0 spiro atoms. The number of hydrogen-bond donors (Lipinski definition) is 2. The molecule has 1 heterocycles. The highest BCUT2D eigenvalue weighted by molar-refractivity contribution is 5.88. The summed E-state index contributed by atoms with van der Waals surface area (Å²) in [4.78, 5) is 10.6. The van der Waals surface area contributed by atoms with Crippen molar-refractivity contribution in [1.82, 2.24) is 20.6 Å². The molecular weight excluding hydrogens is 158 g/mol. The third-order valence-electron chi connectivity index (χ3n) is 1.07. The van der Waals surface area contributed by atoms with Gasteiger partial charge in [0.2, 0.25) is 0 Å². The lowest BCUT2D eigenvalue weighted by atomic mass is 10.3. The number of anilines is 1. The Morgan fingerprint density at radius 3 is 2.83 bits per heavy atom. The summed E-state index contributed by atoms with van der Waals surface area (Å²) in [6.45, 7) is 3.22. The van der Waals surface area contributed by atoms with Crippen LogP contribution in [0, 0.1) is 0 Å². The topological polar surface area (TPSA) is 83.6 Å². The van der Waals surface area contributed by atoms with Crippen molar-refractivity contribution < 1.29 is 4.79 Å². The normalized spacial score (nSPS) is 11.3. The van der Waals surface area contributed by atoms with E-state index in [1.54, 1.807) is 6.92 Å². The number of aromatic amines is 1. The highest BCUT2D eigenvalue weighted by atomic mass is 16.1. The van der Waals surface area contributed by atoms with Crippen molar-refractivity contribution in [3.63, 3.8) is 0 Å². The summed E-state index contributed by atoms with van der Waals surface area (Å²) < 4.78 is 0. The molecule has 6 heteroatoms. The Hall–Kier alpha value is -1.72. The van der Waals surface area contributed by atoms with E-state index in [0.717, 1.165) is 0 Å².